The van der Waals surface area contributed by atoms with E-state index in [0.29, 0.717) is 22.4 Å². The fourth-order valence-corrected chi connectivity index (χ4v) is 4.81. The summed E-state index contributed by atoms with van der Waals surface area (Å²) in [5.74, 6) is -0.733. The van der Waals surface area contributed by atoms with Crippen LogP contribution in [0.25, 0.3) is 55.0 Å². The number of furan rings is 1. The van der Waals surface area contributed by atoms with E-state index in [1.165, 1.54) is 0 Å². The highest BCUT2D eigenvalue weighted by atomic mass is 16.3. The molecule has 6 rings (SSSR count). The zero-order valence-electron chi connectivity index (χ0n) is 23.2. The summed E-state index contributed by atoms with van der Waals surface area (Å²) in [6, 6.07) is 19.7. The highest BCUT2D eigenvalue weighted by molar-refractivity contribution is 6.13. The lowest BCUT2D eigenvalue weighted by Crippen LogP contribution is -2.31. The molecule has 6 aromatic rings. The fourth-order valence-electron chi connectivity index (χ4n) is 4.81. The molecule has 3 nitrogen and oxygen atoms in total. The average molecular weight is 436 g/mol. The van der Waals surface area contributed by atoms with Gasteiger partial charge in [0, 0.05) is 27.7 Å². The van der Waals surface area contributed by atoms with E-state index in [-0.39, 0.29) is 0 Å². The maximum Gasteiger partial charge on any atom is 0.227 e. The molecule has 0 amide bonds. The Labute approximate surface area is 198 Å². The van der Waals surface area contributed by atoms with Gasteiger partial charge in [-0.15, -0.1) is 0 Å². The van der Waals surface area contributed by atoms with Crippen LogP contribution in [0.2, 0.25) is 0 Å². The van der Waals surface area contributed by atoms with E-state index in [0.717, 1.165) is 49.3 Å². The molecule has 33 heavy (non-hydrogen) atoms. The Morgan fingerprint density at radius 3 is 2.64 bits per heavy atom. The molecular formula is C30H27N2O+. The molecule has 0 unspecified atom stereocenters. The Morgan fingerprint density at radius 2 is 1.82 bits per heavy atom. The van der Waals surface area contributed by atoms with Crippen molar-refractivity contribution in [2.24, 2.45) is 7.05 Å². The monoisotopic (exact) mass is 435 g/mol. The van der Waals surface area contributed by atoms with Gasteiger partial charge >= 0.3 is 0 Å². The fraction of sp³-hybridized carbons (Fsp3) is 0.200. The third-order valence-electron chi connectivity index (χ3n) is 6.67. The van der Waals surface area contributed by atoms with Crippen LogP contribution in [0.15, 0.2) is 71.3 Å². The van der Waals surface area contributed by atoms with Crippen LogP contribution in [0, 0.1) is 13.8 Å². The van der Waals surface area contributed by atoms with Crippen molar-refractivity contribution in [2.45, 2.75) is 33.5 Å². The minimum atomic E-state index is -2.30. The molecule has 0 N–H and O–H groups in total. The van der Waals surface area contributed by atoms with E-state index in [4.69, 9.17) is 14.9 Å². The molecule has 162 valence electrons. The molecule has 0 aliphatic heterocycles. The second-order valence-corrected chi connectivity index (χ2v) is 9.01. The van der Waals surface area contributed by atoms with Crippen molar-refractivity contribution in [3.05, 3.63) is 83.6 Å². The lowest BCUT2D eigenvalue weighted by atomic mass is 9.92. The van der Waals surface area contributed by atoms with E-state index < -0.39 is 12.7 Å². The number of aryl methyl sites for hydroxylation is 2. The molecule has 0 fully saturated rings. The molecule has 0 saturated heterocycles. The molecule has 3 heteroatoms. The van der Waals surface area contributed by atoms with Crippen LogP contribution in [0.1, 0.15) is 41.9 Å². The number of aromatic nitrogens is 2. The van der Waals surface area contributed by atoms with Crippen LogP contribution in [0.3, 0.4) is 0 Å². The molecule has 0 spiro atoms. The maximum atomic E-state index is 8.48. The minimum Gasteiger partial charge on any atom is -0.437 e. The lowest BCUT2D eigenvalue weighted by molar-refractivity contribution is -0.659. The summed E-state index contributed by atoms with van der Waals surface area (Å²) in [5.41, 5.74) is 5.41. The summed E-state index contributed by atoms with van der Waals surface area (Å²) in [7, 11) is 1.96. The Balaban J connectivity index is 1.78. The van der Waals surface area contributed by atoms with E-state index in [1.807, 2.05) is 93.2 Å². The van der Waals surface area contributed by atoms with E-state index in [2.05, 4.69) is 0 Å². The van der Waals surface area contributed by atoms with Gasteiger partial charge in [-0.2, -0.15) is 0 Å². The standard InChI is InChI=1S/C30H27N2O/c1-17(2)20-10-11-23-21(15-20)12-13-32(5)28(23)27-19(4)18(3)14-24-25-16-22-8-6-7-9-26(22)31-30(25)33-29(24)27/h6-17H,1-5H3/q+1/i3D3,17D. The Hall–Kier alpha value is -3.72. The van der Waals surface area contributed by atoms with E-state index in [1.54, 1.807) is 6.07 Å². The zero-order chi connectivity index (χ0) is 26.3. The molecule has 0 bridgehead atoms. The second kappa shape index (κ2) is 7.14. The summed E-state index contributed by atoms with van der Waals surface area (Å²) >= 11 is 0. The predicted octanol–water partition coefficient (Wildman–Crippen LogP) is 7.52. The molecule has 0 atom stereocenters. The smallest absolute Gasteiger partial charge is 0.227 e. The van der Waals surface area contributed by atoms with Crippen LogP contribution in [-0.4, -0.2) is 4.98 Å². The molecule has 0 aliphatic carbocycles. The Bertz CT molecular complexity index is 1880. The van der Waals surface area contributed by atoms with Crippen molar-refractivity contribution in [1.82, 2.24) is 4.98 Å². The van der Waals surface area contributed by atoms with Crippen LogP contribution in [-0.2, 0) is 7.05 Å². The molecule has 0 radical (unpaired) electrons. The number of benzene rings is 3. The lowest BCUT2D eigenvalue weighted by Gasteiger charge is -2.12. The number of hydrogen-bond donors (Lipinski definition) is 0. The van der Waals surface area contributed by atoms with Gasteiger partial charge in [-0.1, -0.05) is 44.2 Å². The molecule has 0 aliphatic rings. The van der Waals surface area contributed by atoms with Gasteiger partial charge in [0.15, 0.2) is 11.8 Å². The van der Waals surface area contributed by atoms with Crippen molar-refractivity contribution < 1.29 is 14.5 Å². The highest BCUT2D eigenvalue weighted by Crippen LogP contribution is 2.41. The van der Waals surface area contributed by atoms with Crippen molar-refractivity contribution in [3.8, 4) is 11.3 Å². The van der Waals surface area contributed by atoms with Gasteiger partial charge in [0.05, 0.1) is 16.5 Å². The first-order chi connectivity index (χ1) is 17.4. The van der Waals surface area contributed by atoms with Crippen LogP contribution in [0.5, 0.6) is 0 Å². The first kappa shape index (κ1) is 16.0. The van der Waals surface area contributed by atoms with Crippen LogP contribution < -0.4 is 4.57 Å². The van der Waals surface area contributed by atoms with Gasteiger partial charge in [-0.25, -0.2) is 9.55 Å². The number of fused-ring (bicyclic) bond motifs is 5. The van der Waals surface area contributed by atoms with Gasteiger partial charge in [-0.3, -0.25) is 0 Å². The summed E-state index contributed by atoms with van der Waals surface area (Å²) < 4.78 is 41.9. The molecule has 3 aromatic heterocycles. The summed E-state index contributed by atoms with van der Waals surface area (Å²) in [5, 5.41) is 4.44. The maximum absolute atomic E-state index is 8.48. The first-order valence-corrected chi connectivity index (χ1v) is 11.1. The number of rotatable bonds is 2. The average Bonchev–Trinajstić information content (AvgIpc) is 3.18. The normalized spacial score (nSPS) is 14.5. The van der Waals surface area contributed by atoms with Gasteiger partial charge in [-0.05, 0) is 66.0 Å². The summed E-state index contributed by atoms with van der Waals surface area (Å²) in [6.07, 6.45) is 1.97. The minimum absolute atomic E-state index is 0.298. The van der Waals surface area contributed by atoms with E-state index >= 15 is 0 Å². The predicted molar refractivity (Wildman–Crippen MR) is 137 cm³/mol. The van der Waals surface area contributed by atoms with Crippen molar-refractivity contribution >= 4 is 43.7 Å². The number of hydrogen-bond acceptors (Lipinski definition) is 2. The zero-order valence-corrected chi connectivity index (χ0v) is 19.2. The number of pyridine rings is 2. The van der Waals surface area contributed by atoms with Crippen molar-refractivity contribution in [3.63, 3.8) is 0 Å². The van der Waals surface area contributed by atoms with Crippen LogP contribution >= 0.6 is 0 Å². The van der Waals surface area contributed by atoms with Gasteiger partial charge in [0.2, 0.25) is 11.4 Å². The molecule has 0 saturated carbocycles. The third kappa shape index (κ3) is 2.96. The van der Waals surface area contributed by atoms with Crippen molar-refractivity contribution in [1.29, 1.82) is 0 Å². The topological polar surface area (TPSA) is 29.9 Å². The van der Waals surface area contributed by atoms with Crippen molar-refractivity contribution in [2.75, 3.05) is 0 Å². The number of para-hydroxylation sites is 1. The molecule has 3 heterocycles. The van der Waals surface area contributed by atoms with Gasteiger partial charge in [0.1, 0.15) is 7.05 Å². The molecular weight excluding hydrogens is 404 g/mol. The molecule has 3 aromatic carbocycles. The van der Waals surface area contributed by atoms with E-state index in [9.17, 15) is 0 Å². The number of nitrogens with zero attached hydrogens (tertiary/aromatic N) is 2. The summed E-state index contributed by atoms with van der Waals surface area (Å²) in [6.45, 7) is 3.30. The van der Waals surface area contributed by atoms with Gasteiger partial charge in [0.25, 0.3) is 0 Å². The largest absolute Gasteiger partial charge is 0.437 e. The highest BCUT2D eigenvalue weighted by Gasteiger charge is 2.25. The van der Waals surface area contributed by atoms with Crippen LogP contribution in [0.4, 0.5) is 0 Å². The second-order valence-electron chi connectivity index (χ2n) is 9.01. The first-order valence-electron chi connectivity index (χ1n) is 13.1. The quantitative estimate of drug-likeness (QED) is 0.263. The summed E-state index contributed by atoms with van der Waals surface area (Å²) in [4.78, 5) is 4.76. The van der Waals surface area contributed by atoms with Gasteiger partial charge < -0.3 is 4.42 Å². The Kier molecular flexibility index (Phi) is 3.46. The third-order valence-corrected chi connectivity index (χ3v) is 6.67. The Morgan fingerprint density at radius 1 is 0.970 bits per heavy atom. The SMILES string of the molecule is [2H]C([2H])([2H])c1cc2c(oc3nc4ccccc4cc32)c(-c2c3ccc(C([2H])(C)C)cc3cc[n+]2C)c1C.